The zero-order valence-corrected chi connectivity index (χ0v) is 10.8. The molecule has 17 heavy (non-hydrogen) atoms. The van der Waals surface area contributed by atoms with Crippen molar-refractivity contribution >= 4 is 17.5 Å². The third kappa shape index (κ3) is 2.44. The Kier molecular flexibility index (Phi) is 3.38. The number of benzene rings is 1. The second kappa shape index (κ2) is 4.80. The van der Waals surface area contributed by atoms with Gasteiger partial charge in [-0.25, -0.2) is 4.98 Å². The van der Waals surface area contributed by atoms with Crippen molar-refractivity contribution in [3.8, 4) is 0 Å². The molecule has 0 spiro atoms. The van der Waals surface area contributed by atoms with E-state index in [-0.39, 0.29) is 0 Å². The molecule has 0 atom stereocenters. The average Bonchev–Trinajstić information content (AvgIpc) is 2.53. The Balaban J connectivity index is 2.15. The van der Waals surface area contributed by atoms with Crippen molar-refractivity contribution in [2.75, 3.05) is 5.73 Å². The molecule has 1 heterocycles. The summed E-state index contributed by atoms with van der Waals surface area (Å²) in [6.07, 6.45) is 1.80. The molecule has 0 aliphatic rings. The van der Waals surface area contributed by atoms with Crippen molar-refractivity contribution in [2.45, 2.75) is 19.8 Å². The Morgan fingerprint density at radius 2 is 2.00 bits per heavy atom. The summed E-state index contributed by atoms with van der Waals surface area (Å²) in [5.41, 5.74) is 9.34. The number of halogens is 1. The molecule has 0 saturated carbocycles. The van der Waals surface area contributed by atoms with E-state index in [0.29, 0.717) is 11.1 Å². The maximum atomic E-state index is 6.04. The number of aromatic nitrogens is 2. The lowest BCUT2D eigenvalue weighted by Gasteiger charge is -2.06. The van der Waals surface area contributed by atoms with E-state index in [0.717, 1.165) is 18.5 Å². The lowest BCUT2D eigenvalue weighted by Crippen LogP contribution is -2.03. The van der Waals surface area contributed by atoms with Crippen molar-refractivity contribution < 1.29 is 0 Å². The van der Waals surface area contributed by atoms with Crippen LogP contribution >= 0.6 is 11.6 Å². The van der Waals surface area contributed by atoms with E-state index in [4.69, 9.17) is 17.3 Å². The second-order valence-electron chi connectivity index (χ2n) is 4.19. The van der Waals surface area contributed by atoms with E-state index in [1.807, 2.05) is 17.7 Å². The predicted molar refractivity (Wildman–Crippen MR) is 71.2 cm³/mol. The Bertz CT molecular complexity index is 531. The predicted octanol–water partition coefficient (Wildman–Crippen LogP) is 2.75. The topological polar surface area (TPSA) is 43.8 Å². The maximum absolute atomic E-state index is 6.04. The van der Waals surface area contributed by atoms with Gasteiger partial charge in [-0.2, -0.15) is 0 Å². The van der Waals surface area contributed by atoms with E-state index >= 15 is 0 Å². The number of nitrogen functional groups attached to an aromatic ring is 1. The van der Waals surface area contributed by atoms with Crippen LogP contribution in [0.3, 0.4) is 0 Å². The summed E-state index contributed by atoms with van der Waals surface area (Å²) in [6.45, 7) is 2.12. The zero-order chi connectivity index (χ0) is 12.4. The Morgan fingerprint density at radius 3 is 2.59 bits per heavy atom. The molecule has 1 aromatic heterocycles. The van der Waals surface area contributed by atoms with Crippen LogP contribution in [0.25, 0.3) is 0 Å². The first-order chi connectivity index (χ1) is 8.09. The number of imidazole rings is 1. The highest BCUT2D eigenvalue weighted by atomic mass is 35.5. The number of hydrogen-bond acceptors (Lipinski definition) is 2. The summed E-state index contributed by atoms with van der Waals surface area (Å²) in [5, 5.41) is 0.513. The van der Waals surface area contributed by atoms with Crippen LogP contribution in [0.4, 0.5) is 5.95 Å². The number of rotatable bonds is 3. The van der Waals surface area contributed by atoms with Crippen molar-refractivity contribution in [3.05, 3.63) is 46.2 Å². The van der Waals surface area contributed by atoms with Crippen LogP contribution in [0.15, 0.2) is 24.3 Å². The fraction of sp³-hybridized carbons (Fsp3) is 0.308. The fourth-order valence-corrected chi connectivity index (χ4v) is 2.24. The second-order valence-corrected chi connectivity index (χ2v) is 4.55. The zero-order valence-electron chi connectivity index (χ0n) is 10.1. The summed E-state index contributed by atoms with van der Waals surface area (Å²) in [5.74, 6) is 0.467. The molecule has 0 aliphatic heterocycles. The van der Waals surface area contributed by atoms with Gasteiger partial charge in [0, 0.05) is 7.05 Å². The minimum Gasteiger partial charge on any atom is -0.369 e. The highest BCUT2D eigenvalue weighted by molar-refractivity contribution is 6.30. The van der Waals surface area contributed by atoms with Crippen LogP contribution in [0, 0.1) is 6.92 Å². The van der Waals surface area contributed by atoms with Gasteiger partial charge in [0.1, 0.15) is 0 Å². The lowest BCUT2D eigenvalue weighted by atomic mass is 10.0. The first-order valence-corrected chi connectivity index (χ1v) is 5.98. The molecule has 90 valence electrons. The Hall–Kier alpha value is -1.48. The number of hydrogen-bond donors (Lipinski definition) is 1. The van der Waals surface area contributed by atoms with E-state index in [1.54, 1.807) is 0 Å². The molecule has 0 amide bonds. The molecule has 2 rings (SSSR count). The molecule has 0 saturated heterocycles. The molecule has 2 aromatic rings. The van der Waals surface area contributed by atoms with Gasteiger partial charge in [-0.1, -0.05) is 35.9 Å². The molecule has 3 nitrogen and oxygen atoms in total. The van der Waals surface area contributed by atoms with Crippen molar-refractivity contribution in [3.63, 3.8) is 0 Å². The molecule has 0 fully saturated rings. The van der Waals surface area contributed by atoms with E-state index in [1.165, 1.54) is 11.1 Å². The van der Waals surface area contributed by atoms with Crippen LogP contribution < -0.4 is 5.73 Å². The number of nitrogens with two attached hydrogens (primary N) is 1. The summed E-state index contributed by atoms with van der Waals surface area (Å²) < 4.78 is 1.85. The normalized spacial score (nSPS) is 10.8. The molecule has 0 unspecified atom stereocenters. The number of nitrogens with zero attached hydrogens (tertiary/aromatic N) is 2. The van der Waals surface area contributed by atoms with Gasteiger partial charge >= 0.3 is 0 Å². The highest BCUT2D eigenvalue weighted by Crippen LogP contribution is 2.20. The third-order valence-corrected chi connectivity index (χ3v) is 3.39. The highest BCUT2D eigenvalue weighted by Gasteiger charge is 2.10. The third-order valence-electron chi connectivity index (χ3n) is 3.09. The summed E-state index contributed by atoms with van der Waals surface area (Å²) in [6, 6.07) is 8.37. The van der Waals surface area contributed by atoms with E-state index in [2.05, 4.69) is 30.1 Å². The summed E-state index contributed by atoms with van der Waals surface area (Å²) >= 11 is 6.04. The maximum Gasteiger partial charge on any atom is 0.201 e. The molecule has 1 aromatic carbocycles. The summed E-state index contributed by atoms with van der Waals surface area (Å²) in [7, 11) is 1.89. The molecule has 0 aliphatic carbocycles. The lowest BCUT2D eigenvalue weighted by molar-refractivity contribution is 0.805. The van der Waals surface area contributed by atoms with Crippen molar-refractivity contribution in [1.29, 1.82) is 0 Å². The van der Waals surface area contributed by atoms with Gasteiger partial charge in [-0.15, -0.1) is 0 Å². The van der Waals surface area contributed by atoms with Gasteiger partial charge in [0.2, 0.25) is 5.95 Å². The average molecular weight is 250 g/mol. The first-order valence-electron chi connectivity index (χ1n) is 5.60. The quantitative estimate of drug-likeness (QED) is 0.909. The standard InChI is InChI=1S/C13H16ClN3/c1-9-5-3-4-6-10(9)7-8-11-12(14)16-13(15)17(11)2/h3-6H,7-8H2,1-2H3,(H2,15,16). The van der Waals surface area contributed by atoms with Crippen LogP contribution in [0.5, 0.6) is 0 Å². The largest absolute Gasteiger partial charge is 0.369 e. The Labute approximate surface area is 106 Å². The van der Waals surface area contributed by atoms with Gasteiger partial charge < -0.3 is 10.3 Å². The molecular formula is C13H16ClN3. The van der Waals surface area contributed by atoms with Crippen LogP contribution in [-0.4, -0.2) is 9.55 Å². The smallest absolute Gasteiger partial charge is 0.201 e. The molecule has 0 bridgehead atoms. The SMILES string of the molecule is Cc1ccccc1CCc1c(Cl)nc(N)n1C. The summed E-state index contributed by atoms with van der Waals surface area (Å²) in [4.78, 5) is 4.05. The minimum atomic E-state index is 0.467. The first kappa shape index (κ1) is 12.0. The number of aryl methyl sites for hydroxylation is 2. The molecule has 0 radical (unpaired) electrons. The van der Waals surface area contributed by atoms with E-state index in [9.17, 15) is 0 Å². The molecular weight excluding hydrogens is 234 g/mol. The van der Waals surface area contributed by atoms with Crippen LogP contribution in [-0.2, 0) is 19.9 Å². The van der Waals surface area contributed by atoms with Crippen LogP contribution in [0.2, 0.25) is 5.15 Å². The van der Waals surface area contributed by atoms with E-state index < -0.39 is 0 Å². The van der Waals surface area contributed by atoms with Crippen LogP contribution in [0.1, 0.15) is 16.8 Å². The monoisotopic (exact) mass is 249 g/mol. The van der Waals surface area contributed by atoms with Gasteiger partial charge in [-0.3, -0.25) is 0 Å². The van der Waals surface area contributed by atoms with Gasteiger partial charge in [0.15, 0.2) is 5.15 Å². The van der Waals surface area contributed by atoms with Gasteiger partial charge in [0.05, 0.1) is 5.69 Å². The molecule has 2 N–H and O–H groups in total. The minimum absolute atomic E-state index is 0.467. The Morgan fingerprint density at radius 1 is 1.29 bits per heavy atom. The van der Waals surface area contributed by atoms with Crippen molar-refractivity contribution in [2.24, 2.45) is 7.05 Å². The molecule has 4 heteroatoms. The van der Waals surface area contributed by atoms with Gasteiger partial charge in [-0.05, 0) is 30.9 Å². The number of anilines is 1. The van der Waals surface area contributed by atoms with Gasteiger partial charge in [0.25, 0.3) is 0 Å². The van der Waals surface area contributed by atoms with Crippen molar-refractivity contribution in [1.82, 2.24) is 9.55 Å². The fourth-order valence-electron chi connectivity index (χ4n) is 1.93.